The van der Waals surface area contributed by atoms with Crippen LogP contribution >= 0.6 is 23.1 Å². The van der Waals surface area contributed by atoms with Crippen LogP contribution in [-0.2, 0) is 9.47 Å². The second-order valence-electron chi connectivity index (χ2n) is 8.80. The summed E-state index contributed by atoms with van der Waals surface area (Å²) in [6.45, 7) is 6.95. The third-order valence-corrected chi connectivity index (χ3v) is 11.6. The molecule has 2 heterocycles. The van der Waals surface area contributed by atoms with Crippen LogP contribution in [0.5, 0.6) is 0 Å². The molecule has 2 aliphatic heterocycles. The van der Waals surface area contributed by atoms with Crippen LogP contribution in [0.2, 0.25) is 0 Å². The van der Waals surface area contributed by atoms with E-state index in [1.807, 2.05) is 0 Å². The number of hydrogen-bond donors (Lipinski definition) is 0. The van der Waals surface area contributed by atoms with Gasteiger partial charge < -0.3 is 14.4 Å². The number of rotatable bonds is 5. The van der Waals surface area contributed by atoms with E-state index in [0.717, 1.165) is 69.2 Å². The first-order valence-corrected chi connectivity index (χ1v) is 14.6. The molecule has 5 nitrogen and oxygen atoms in total. The molecule has 2 aromatic rings. The molecule has 0 radical (unpaired) electrons. The van der Waals surface area contributed by atoms with Gasteiger partial charge in [-0.3, -0.25) is 4.67 Å². The van der Waals surface area contributed by atoms with E-state index in [1.165, 1.54) is 23.8 Å². The second-order valence-corrected chi connectivity index (χ2v) is 12.9. The Morgan fingerprint density at radius 3 is 2.21 bits per heavy atom. The van der Waals surface area contributed by atoms with Crippen molar-refractivity contribution < 1.29 is 9.47 Å². The third kappa shape index (κ3) is 5.01. The van der Waals surface area contributed by atoms with E-state index in [0.29, 0.717) is 5.66 Å². The molecule has 33 heavy (non-hydrogen) atoms. The molecule has 0 aromatic heterocycles. The molecular formula is C26H33BrN3O2P. The standard InChI is InChI=1S/C26H33BrN3O2P/c27-22-10-12-23(13-11-22)28-33(24-6-2-1-3-7-24,30-16-20-32-21-17-30)26-9-5-4-8-25(26)29-14-18-31-19-15-29/h1-3,6-8,10-13,26H,4-5,9,14-21H2/t26-,33+/m0/s1. The zero-order valence-electron chi connectivity index (χ0n) is 19.1. The van der Waals surface area contributed by atoms with E-state index in [-0.39, 0.29) is 0 Å². The summed E-state index contributed by atoms with van der Waals surface area (Å²) in [4.78, 5) is 2.59. The lowest BCUT2D eigenvalue weighted by molar-refractivity contribution is 0.0510. The van der Waals surface area contributed by atoms with Crippen LogP contribution in [0, 0.1) is 0 Å². The molecule has 2 aromatic carbocycles. The van der Waals surface area contributed by atoms with Gasteiger partial charge in [-0.15, -0.1) is 0 Å². The Kier molecular flexibility index (Phi) is 7.69. The largest absolute Gasteiger partial charge is 0.379 e. The lowest BCUT2D eigenvalue weighted by atomic mass is 10.0. The van der Waals surface area contributed by atoms with E-state index in [9.17, 15) is 0 Å². The fraction of sp³-hybridized carbons (Fsp3) is 0.462. The molecule has 2 fully saturated rings. The van der Waals surface area contributed by atoms with Crippen molar-refractivity contribution >= 4 is 34.1 Å². The number of allylic oxidation sites excluding steroid dienone is 2. The number of nitrogens with zero attached hydrogens (tertiary/aromatic N) is 3. The predicted molar refractivity (Wildman–Crippen MR) is 140 cm³/mol. The zero-order chi connectivity index (χ0) is 22.5. The van der Waals surface area contributed by atoms with Crippen molar-refractivity contribution in [1.29, 1.82) is 0 Å². The van der Waals surface area contributed by atoms with Crippen molar-refractivity contribution in [1.82, 2.24) is 9.57 Å². The summed E-state index contributed by atoms with van der Waals surface area (Å²) in [7, 11) is -2.15. The van der Waals surface area contributed by atoms with Crippen LogP contribution in [0.15, 0.2) is 75.6 Å². The van der Waals surface area contributed by atoms with Crippen LogP contribution in [0.25, 0.3) is 0 Å². The third-order valence-electron chi connectivity index (χ3n) is 6.84. The lowest BCUT2D eigenvalue weighted by Crippen LogP contribution is -2.45. The van der Waals surface area contributed by atoms with E-state index >= 15 is 0 Å². The van der Waals surface area contributed by atoms with Crippen LogP contribution < -0.4 is 5.30 Å². The van der Waals surface area contributed by atoms with E-state index in [1.54, 1.807) is 0 Å². The fourth-order valence-corrected chi connectivity index (χ4v) is 10.1. The Bertz CT molecular complexity index is 1000. The Morgan fingerprint density at radius 2 is 1.52 bits per heavy atom. The summed E-state index contributed by atoms with van der Waals surface area (Å²) in [5, 5.41) is 1.38. The van der Waals surface area contributed by atoms with Gasteiger partial charge in [0.1, 0.15) is 0 Å². The van der Waals surface area contributed by atoms with Crippen molar-refractivity contribution in [2.45, 2.75) is 24.9 Å². The molecule has 1 aliphatic carbocycles. The Morgan fingerprint density at radius 1 is 0.848 bits per heavy atom. The van der Waals surface area contributed by atoms with Gasteiger partial charge in [-0.05, 0) is 43.5 Å². The minimum absolute atomic E-state index is 0.383. The molecule has 2 saturated heterocycles. The summed E-state index contributed by atoms with van der Waals surface area (Å²) < 4.78 is 21.1. The summed E-state index contributed by atoms with van der Waals surface area (Å²) in [6.07, 6.45) is 6.05. The number of halogens is 1. The number of ether oxygens (including phenoxy) is 2. The first kappa shape index (κ1) is 23.3. The highest BCUT2D eigenvalue weighted by Crippen LogP contribution is 2.63. The van der Waals surface area contributed by atoms with Crippen molar-refractivity contribution in [3.05, 3.63) is 70.8 Å². The minimum atomic E-state index is -2.15. The van der Waals surface area contributed by atoms with Crippen LogP contribution in [0.4, 0.5) is 5.69 Å². The maximum Gasteiger partial charge on any atom is 0.0756 e. The van der Waals surface area contributed by atoms with Gasteiger partial charge in [0.25, 0.3) is 0 Å². The molecule has 2 atom stereocenters. The zero-order valence-corrected chi connectivity index (χ0v) is 21.6. The Labute approximate surface area is 206 Å². The minimum Gasteiger partial charge on any atom is -0.379 e. The van der Waals surface area contributed by atoms with E-state index in [2.05, 4.69) is 86.2 Å². The number of hydrogen-bond acceptors (Lipinski definition) is 4. The highest BCUT2D eigenvalue weighted by Gasteiger charge is 2.42. The molecule has 5 rings (SSSR count). The monoisotopic (exact) mass is 529 g/mol. The molecular weight excluding hydrogens is 497 g/mol. The lowest BCUT2D eigenvalue weighted by Gasteiger charge is -2.48. The molecule has 0 saturated carbocycles. The predicted octanol–water partition coefficient (Wildman–Crippen LogP) is 5.62. The molecule has 0 N–H and O–H groups in total. The van der Waals surface area contributed by atoms with Crippen molar-refractivity contribution in [3.8, 4) is 0 Å². The fourth-order valence-electron chi connectivity index (χ4n) is 5.29. The summed E-state index contributed by atoms with van der Waals surface area (Å²) in [6, 6.07) is 19.7. The van der Waals surface area contributed by atoms with Gasteiger partial charge >= 0.3 is 0 Å². The maximum atomic E-state index is 5.81. The number of benzene rings is 2. The van der Waals surface area contributed by atoms with Crippen LogP contribution in [0.1, 0.15) is 19.3 Å². The molecule has 3 aliphatic rings. The van der Waals surface area contributed by atoms with Gasteiger partial charge in [-0.1, -0.05) is 52.3 Å². The highest BCUT2D eigenvalue weighted by molar-refractivity contribution is 9.10. The topological polar surface area (TPSA) is 37.3 Å². The van der Waals surface area contributed by atoms with Gasteiger partial charge in [-0.25, -0.2) is 4.74 Å². The molecule has 7 heteroatoms. The Balaban J connectivity index is 1.72. The first-order valence-electron chi connectivity index (χ1n) is 12.1. The van der Waals surface area contributed by atoms with Gasteiger partial charge in [-0.2, -0.15) is 0 Å². The summed E-state index contributed by atoms with van der Waals surface area (Å²) in [5.41, 5.74) is 2.94. The van der Waals surface area contributed by atoms with Crippen LogP contribution in [-0.4, -0.2) is 67.8 Å². The number of morpholine rings is 2. The first-order chi connectivity index (χ1) is 16.3. The molecule has 0 spiro atoms. The SMILES string of the molecule is Brc1ccc(N=[P@@](c2ccccc2)([C@H]2CCCC=C2N2CCOCC2)N2CCOCC2)cc1. The van der Waals surface area contributed by atoms with Gasteiger partial charge in [0.2, 0.25) is 0 Å². The smallest absolute Gasteiger partial charge is 0.0756 e. The molecule has 0 bridgehead atoms. The average molecular weight is 530 g/mol. The van der Waals surface area contributed by atoms with E-state index in [4.69, 9.17) is 14.2 Å². The van der Waals surface area contributed by atoms with Crippen molar-refractivity contribution in [2.24, 2.45) is 4.74 Å². The average Bonchev–Trinajstić information content (AvgIpc) is 2.90. The van der Waals surface area contributed by atoms with Crippen LogP contribution in [0.3, 0.4) is 0 Å². The van der Waals surface area contributed by atoms with Gasteiger partial charge in [0.15, 0.2) is 0 Å². The molecule has 176 valence electrons. The molecule has 0 amide bonds. The maximum absolute atomic E-state index is 5.81. The summed E-state index contributed by atoms with van der Waals surface area (Å²) in [5.74, 6) is 0. The van der Waals surface area contributed by atoms with Crippen molar-refractivity contribution in [2.75, 3.05) is 52.6 Å². The molecule has 0 unspecified atom stereocenters. The summed E-state index contributed by atoms with van der Waals surface area (Å²) >= 11 is 3.60. The highest BCUT2D eigenvalue weighted by atomic mass is 79.9. The van der Waals surface area contributed by atoms with Gasteiger partial charge in [0, 0.05) is 41.7 Å². The van der Waals surface area contributed by atoms with Crippen molar-refractivity contribution in [3.63, 3.8) is 0 Å². The van der Waals surface area contributed by atoms with E-state index < -0.39 is 7.21 Å². The van der Waals surface area contributed by atoms with Gasteiger partial charge in [0.05, 0.1) is 45.0 Å². The Hall–Kier alpha value is -1.43. The quantitative estimate of drug-likeness (QED) is 0.471. The normalized spacial score (nSPS) is 24.1. The second kappa shape index (κ2) is 10.9.